The molecule has 0 heterocycles. The summed E-state index contributed by atoms with van der Waals surface area (Å²) in [7, 11) is 0. The second-order valence-corrected chi connectivity index (χ2v) is 3.34. The minimum Gasteiger partial charge on any atom is -0.444 e. The van der Waals surface area contributed by atoms with Gasteiger partial charge < -0.3 is 4.74 Å². The Hall–Kier alpha value is -0.700. The Kier molecular flexibility index (Phi) is 4.26. The molecule has 0 amide bonds. The molecule has 0 saturated heterocycles. The first kappa shape index (κ1) is 11.4. The molecule has 0 spiro atoms. The van der Waals surface area contributed by atoms with Crippen LogP contribution in [0.2, 0.25) is 5.02 Å². The Morgan fingerprint density at radius 3 is 2.71 bits per heavy atom. The molecule has 5 heteroatoms. The van der Waals surface area contributed by atoms with Crippen molar-refractivity contribution in [1.29, 1.82) is 0 Å². The van der Waals surface area contributed by atoms with Crippen molar-refractivity contribution in [3.8, 4) is 5.75 Å². The molecule has 14 heavy (non-hydrogen) atoms. The lowest BCUT2D eigenvalue weighted by Crippen LogP contribution is -1.92. The molecule has 0 radical (unpaired) electrons. The van der Waals surface area contributed by atoms with Crippen molar-refractivity contribution in [1.82, 2.24) is 0 Å². The van der Waals surface area contributed by atoms with Gasteiger partial charge in [-0.25, -0.2) is 0 Å². The number of rotatable bonds is 3. The molecule has 1 aromatic carbocycles. The Labute approximate surface area is 96.0 Å². The van der Waals surface area contributed by atoms with E-state index in [1.165, 1.54) is 12.1 Å². The van der Waals surface area contributed by atoms with E-state index in [2.05, 4.69) is 0 Å². The zero-order chi connectivity index (χ0) is 10.6. The molecule has 0 aliphatic carbocycles. The third-order valence-corrected chi connectivity index (χ3v) is 2.12. The van der Waals surface area contributed by atoms with Gasteiger partial charge in [0.15, 0.2) is 6.29 Å². The van der Waals surface area contributed by atoms with E-state index in [9.17, 15) is 4.79 Å². The molecule has 0 atom stereocenters. The quantitative estimate of drug-likeness (QED) is 0.603. The Morgan fingerprint density at radius 2 is 2.14 bits per heavy atom. The SMILES string of the molecule is O=Cc1cc(Cl)ccc1O/C(Cl)=C\Cl. The normalized spacial score (nSPS) is 11.2. The van der Waals surface area contributed by atoms with Crippen LogP contribution in [0.4, 0.5) is 0 Å². The van der Waals surface area contributed by atoms with Crippen LogP contribution >= 0.6 is 34.8 Å². The number of carbonyl (C=O) groups excluding carboxylic acids is 1. The van der Waals surface area contributed by atoms with Gasteiger partial charge in [-0.3, -0.25) is 4.79 Å². The van der Waals surface area contributed by atoms with Crippen molar-refractivity contribution >= 4 is 41.1 Å². The van der Waals surface area contributed by atoms with E-state index in [0.717, 1.165) is 5.54 Å². The number of aldehydes is 1. The fourth-order valence-electron chi connectivity index (χ4n) is 0.832. The van der Waals surface area contributed by atoms with Crippen LogP contribution in [-0.2, 0) is 0 Å². The van der Waals surface area contributed by atoms with Crippen molar-refractivity contribution in [2.45, 2.75) is 0 Å². The smallest absolute Gasteiger partial charge is 0.205 e. The highest BCUT2D eigenvalue weighted by molar-refractivity contribution is 6.35. The average Bonchev–Trinajstić information content (AvgIpc) is 2.20. The molecular formula is C9H5Cl3O2. The lowest BCUT2D eigenvalue weighted by Gasteiger charge is -2.05. The van der Waals surface area contributed by atoms with Crippen LogP contribution in [0.5, 0.6) is 5.75 Å². The lowest BCUT2D eigenvalue weighted by atomic mass is 10.2. The van der Waals surface area contributed by atoms with Gasteiger partial charge in [-0.15, -0.1) is 0 Å². The molecule has 74 valence electrons. The topological polar surface area (TPSA) is 26.3 Å². The van der Waals surface area contributed by atoms with Crippen LogP contribution in [-0.4, -0.2) is 6.29 Å². The van der Waals surface area contributed by atoms with Gasteiger partial charge in [-0.2, -0.15) is 0 Å². The van der Waals surface area contributed by atoms with Crippen molar-refractivity contribution in [3.63, 3.8) is 0 Å². The van der Waals surface area contributed by atoms with E-state index in [4.69, 9.17) is 39.5 Å². The maximum absolute atomic E-state index is 10.6. The summed E-state index contributed by atoms with van der Waals surface area (Å²) in [6, 6.07) is 4.60. The molecule has 0 aliphatic heterocycles. The van der Waals surface area contributed by atoms with E-state index in [0.29, 0.717) is 22.6 Å². The highest BCUT2D eigenvalue weighted by Crippen LogP contribution is 2.24. The summed E-state index contributed by atoms with van der Waals surface area (Å²) in [6.45, 7) is 0. The fraction of sp³-hybridized carbons (Fsp3) is 0. The second kappa shape index (κ2) is 5.25. The number of ether oxygens (including phenoxy) is 1. The molecular weight excluding hydrogens is 246 g/mol. The maximum atomic E-state index is 10.6. The maximum Gasteiger partial charge on any atom is 0.205 e. The highest BCUT2D eigenvalue weighted by atomic mass is 35.5. The molecule has 0 N–H and O–H groups in total. The van der Waals surface area contributed by atoms with Gasteiger partial charge in [-0.1, -0.05) is 23.2 Å². The van der Waals surface area contributed by atoms with Crippen LogP contribution in [0.3, 0.4) is 0 Å². The third-order valence-electron chi connectivity index (χ3n) is 1.39. The fourth-order valence-corrected chi connectivity index (χ4v) is 1.14. The predicted octanol–water partition coefficient (Wildman–Crippen LogP) is 3.81. The van der Waals surface area contributed by atoms with E-state index < -0.39 is 0 Å². The molecule has 1 rings (SSSR count). The molecule has 0 bridgehead atoms. The van der Waals surface area contributed by atoms with Crippen LogP contribution in [0, 0.1) is 0 Å². The van der Waals surface area contributed by atoms with Gasteiger partial charge in [0, 0.05) is 5.02 Å². The largest absolute Gasteiger partial charge is 0.444 e. The van der Waals surface area contributed by atoms with Gasteiger partial charge in [0.1, 0.15) is 5.75 Å². The molecule has 0 aromatic heterocycles. The van der Waals surface area contributed by atoms with E-state index in [-0.39, 0.29) is 5.22 Å². The highest BCUT2D eigenvalue weighted by Gasteiger charge is 2.05. The summed E-state index contributed by atoms with van der Waals surface area (Å²) in [5.74, 6) is 0.311. The number of hydrogen-bond acceptors (Lipinski definition) is 2. The molecule has 0 unspecified atom stereocenters. The van der Waals surface area contributed by atoms with Crippen molar-refractivity contribution < 1.29 is 9.53 Å². The minimum atomic E-state index is -0.0166. The van der Waals surface area contributed by atoms with Crippen molar-refractivity contribution in [2.75, 3.05) is 0 Å². The first-order valence-electron chi connectivity index (χ1n) is 3.56. The zero-order valence-corrected chi connectivity index (χ0v) is 9.10. The molecule has 0 fully saturated rings. The molecule has 0 saturated carbocycles. The van der Waals surface area contributed by atoms with Gasteiger partial charge in [-0.05, 0) is 29.8 Å². The summed E-state index contributed by atoms with van der Waals surface area (Å²) >= 11 is 16.5. The van der Waals surface area contributed by atoms with E-state index in [1.54, 1.807) is 6.07 Å². The summed E-state index contributed by atoms with van der Waals surface area (Å²) in [4.78, 5) is 10.6. The van der Waals surface area contributed by atoms with Crippen LogP contribution in [0.1, 0.15) is 10.4 Å². The van der Waals surface area contributed by atoms with Gasteiger partial charge in [0.05, 0.1) is 11.1 Å². The van der Waals surface area contributed by atoms with Crippen molar-refractivity contribution in [2.24, 2.45) is 0 Å². The summed E-state index contributed by atoms with van der Waals surface area (Å²) in [6.07, 6.45) is 0.625. The van der Waals surface area contributed by atoms with Crippen molar-refractivity contribution in [3.05, 3.63) is 39.5 Å². The van der Waals surface area contributed by atoms with Crippen LogP contribution < -0.4 is 4.74 Å². The van der Waals surface area contributed by atoms with Gasteiger partial charge in [0.2, 0.25) is 5.22 Å². The summed E-state index contributed by atoms with van der Waals surface area (Å²) in [5, 5.41) is 0.433. The zero-order valence-electron chi connectivity index (χ0n) is 6.84. The standard InChI is InChI=1S/C9H5Cl3O2/c10-4-9(12)14-8-2-1-7(11)3-6(8)5-13/h1-5H/b9-4-. The number of hydrogen-bond donors (Lipinski definition) is 0. The first-order valence-corrected chi connectivity index (χ1v) is 4.75. The predicted molar refractivity (Wildman–Crippen MR) is 57.3 cm³/mol. The Balaban J connectivity index is 3.02. The second-order valence-electron chi connectivity index (χ2n) is 2.32. The van der Waals surface area contributed by atoms with Gasteiger partial charge in [0.25, 0.3) is 0 Å². The van der Waals surface area contributed by atoms with Gasteiger partial charge >= 0.3 is 0 Å². The Bertz CT molecular complexity index is 374. The molecule has 0 aliphatic rings. The molecule has 1 aromatic rings. The monoisotopic (exact) mass is 250 g/mol. The average molecular weight is 251 g/mol. The number of benzene rings is 1. The summed E-state index contributed by atoms with van der Waals surface area (Å²) < 4.78 is 5.05. The third kappa shape index (κ3) is 2.91. The number of carbonyl (C=O) groups is 1. The molecule has 2 nitrogen and oxygen atoms in total. The number of halogens is 3. The first-order chi connectivity index (χ1) is 6.67. The van der Waals surface area contributed by atoms with Crippen LogP contribution in [0.25, 0.3) is 0 Å². The van der Waals surface area contributed by atoms with E-state index >= 15 is 0 Å². The van der Waals surface area contributed by atoms with E-state index in [1.807, 2.05) is 0 Å². The Morgan fingerprint density at radius 1 is 1.43 bits per heavy atom. The lowest BCUT2D eigenvalue weighted by molar-refractivity contribution is 0.112. The van der Waals surface area contributed by atoms with Crippen LogP contribution in [0.15, 0.2) is 29.0 Å². The summed E-state index contributed by atoms with van der Waals surface area (Å²) in [5.41, 5.74) is 1.37. The minimum absolute atomic E-state index is 0.0166.